The molecule has 1 N–H and O–H groups in total. The molecule has 0 amide bonds. The van der Waals surface area contributed by atoms with E-state index in [1.165, 1.54) is 5.56 Å². The number of aryl methyl sites for hydroxylation is 2. The number of benzene rings is 1. The fourth-order valence-corrected chi connectivity index (χ4v) is 1.59. The van der Waals surface area contributed by atoms with Crippen molar-refractivity contribution in [3.8, 4) is 5.75 Å². The molecule has 0 atom stereocenters. The van der Waals surface area contributed by atoms with Gasteiger partial charge in [0.2, 0.25) is 0 Å². The van der Waals surface area contributed by atoms with Gasteiger partial charge >= 0.3 is 0 Å². The van der Waals surface area contributed by atoms with Crippen molar-refractivity contribution in [1.29, 1.82) is 0 Å². The lowest BCUT2D eigenvalue weighted by Crippen LogP contribution is -1.92. The number of hydrogen-bond donors (Lipinski definition) is 1. The van der Waals surface area contributed by atoms with E-state index in [0.717, 1.165) is 24.0 Å². The molecule has 0 heterocycles. The van der Waals surface area contributed by atoms with Gasteiger partial charge in [0, 0.05) is 0 Å². The monoisotopic (exact) mass is 164 g/mol. The molecule has 0 aliphatic heterocycles. The molecule has 0 radical (unpaired) electrons. The molecule has 66 valence electrons. The van der Waals surface area contributed by atoms with E-state index >= 15 is 0 Å². The van der Waals surface area contributed by atoms with E-state index in [2.05, 4.69) is 19.9 Å². The predicted molar refractivity (Wildman–Crippen MR) is 51.6 cm³/mol. The Hall–Kier alpha value is -0.980. The van der Waals surface area contributed by atoms with Gasteiger partial charge in [-0.25, -0.2) is 0 Å². The third-order valence-corrected chi connectivity index (χ3v) is 2.20. The largest absolute Gasteiger partial charge is 0.508 e. The molecule has 0 aromatic heterocycles. The lowest BCUT2D eigenvalue weighted by Gasteiger charge is -2.09. The molecule has 1 nitrogen and oxygen atoms in total. The summed E-state index contributed by atoms with van der Waals surface area (Å²) in [7, 11) is 0. The first-order valence-corrected chi connectivity index (χ1v) is 4.50. The first-order chi connectivity index (χ1) is 5.69. The SMILES string of the molecule is CCc1cc(C)cc(O)c1CC. The van der Waals surface area contributed by atoms with Gasteiger partial charge in [-0.3, -0.25) is 0 Å². The molecule has 0 saturated carbocycles. The summed E-state index contributed by atoms with van der Waals surface area (Å²) < 4.78 is 0. The van der Waals surface area contributed by atoms with Gasteiger partial charge in [0.05, 0.1) is 0 Å². The Morgan fingerprint density at radius 1 is 1.17 bits per heavy atom. The average Bonchev–Trinajstić information content (AvgIpc) is 2.03. The van der Waals surface area contributed by atoms with E-state index in [4.69, 9.17) is 0 Å². The van der Waals surface area contributed by atoms with Gasteiger partial charge in [0.25, 0.3) is 0 Å². The zero-order valence-corrected chi connectivity index (χ0v) is 8.02. The number of rotatable bonds is 2. The smallest absolute Gasteiger partial charge is 0.119 e. The molecule has 1 heteroatoms. The van der Waals surface area contributed by atoms with Crippen LogP contribution in [0.2, 0.25) is 0 Å². The summed E-state index contributed by atoms with van der Waals surface area (Å²) >= 11 is 0. The van der Waals surface area contributed by atoms with Crippen LogP contribution in [0.15, 0.2) is 12.1 Å². The highest BCUT2D eigenvalue weighted by Gasteiger charge is 2.04. The third-order valence-electron chi connectivity index (χ3n) is 2.20. The third kappa shape index (κ3) is 1.60. The van der Waals surface area contributed by atoms with Gasteiger partial charge in [-0.2, -0.15) is 0 Å². The lowest BCUT2D eigenvalue weighted by molar-refractivity contribution is 0.467. The number of phenols is 1. The Bertz CT molecular complexity index is 277. The minimum absolute atomic E-state index is 0.453. The Morgan fingerprint density at radius 3 is 2.33 bits per heavy atom. The Balaban J connectivity index is 3.24. The minimum atomic E-state index is 0.453. The molecule has 1 aromatic carbocycles. The van der Waals surface area contributed by atoms with Gasteiger partial charge in [-0.1, -0.05) is 19.9 Å². The summed E-state index contributed by atoms with van der Waals surface area (Å²) in [6, 6.07) is 3.98. The maximum atomic E-state index is 9.60. The van der Waals surface area contributed by atoms with Crippen molar-refractivity contribution >= 4 is 0 Å². The second kappa shape index (κ2) is 3.61. The van der Waals surface area contributed by atoms with E-state index in [-0.39, 0.29) is 0 Å². The maximum absolute atomic E-state index is 9.60. The standard InChI is InChI=1S/C11H16O/c1-4-9-6-8(3)7-11(12)10(9)5-2/h6-7,12H,4-5H2,1-3H3. The molecule has 0 fully saturated rings. The molecule has 0 saturated heterocycles. The fourth-order valence-electron chi connectivity index (χ4n) is 1.59. The van der Waals surface area contributed by atoms with E-state index in [1.807, 2.05) is 13.0 Å². The summed E-state index contributed by atoms with van der Waals surface area (Å²) in [6.45, 7) is 6.20. The molecular weight excluding hydrogens is 148 g/mol. The van der Waals surface area contributed by atoms with Crippen molar-refractivity contribution in [1.82, 2.24) is 0 Å². The summed E-state index contributed by atoms with van der Waals surface area (Å²) in [5.74, 6) is 0.453. The average molecular weight is 164 g/mol. The highest BCUT2D eigenvalue weighted by atomic mass is 16.3. The van der Waals surface area contributed by atoms with E-state index in [9.17, 15) is 5.11 Å². The molecule has 1 aromatic rings. The van der Waals surface area contributed by atoms with E-state index in [0.29, 0.717) is 5.75 Å². The topological polar surface area (TPSA) is 20.2 Å². The first-order valence-electron chi connectivity index (χ1n) is 4.50. The van der Waals surface area contributed by atoms with Crippen molar-refractivity contribution < 1.29 is 5.11 Å². The van der Waals surface area contributed by atoms with Gasteiger partial charge in [-0.05, 0) is 42.5 Å². The Morgan fingerprint density at radius 2 is 1.83 bits per heavy atom. The van der Waals surface area contributed by atoms with Crippen molar-refractivity contribution in [2.75, 3.05) is 0 Å². The quantitative estimate of drug-likeness (QED) is 0.712. The highest BCUT2D eigenvalue weighted by Crippen LogP contribution is 2.24. The normalized spacial score (nSPS) is 10.2. The van der Waals surface area contributed by atoms with Crippen LogP contribution >= 0.6 is 0 Å². The predicted octanol–water partition coefficient (Wildman–Crippen LogP) is 2.83. The fraction of sp³-hybridized carbons (Fsp3) is 0.455. The van der Waals surface area contributed by atoms with Crippen LogP contribution in [0.1, 0.15) is 30.5 Å². The molecule has 12 heavy (non-hydrogen) atoms. The van der Waals surface area contributed by atoms with E-state index in [1.54, 1.807) is 0 Å². The Labute approximate surface area is 74.1 Å². The maximum Gasteiger partial charge on any atom is 0.119 e. The second-order valence-electron chi connectivity index (χ2n) is 3.13. The van der Waals surface area contributed by atoms with Crippen LogP contribution in [-0.4, -0.2) is 5.11 Å². The second-order valence-corrected chi connectivity index (χ2v) is 3.13. The zero-order valence-electron chi connectivity index (χ0n) is 8.02. The molecule has 0 unspecified atom stereocenters. The van der Waals surface area contributed by atoms with Crippen LogP contribution in [0.3, 0.4) is 0 Å². The highest BCUT2D eigenvalue weighted by molar-refractivity contribution is 5.42. The van der Waals surface area contributed by atoms with Gasteiger partial charge in [0.1, 0.15) is 5.75 Å². The molecular formula is C11H16O. The van der Waals surface area contributed by atoms with Gasteiger partial charge < -0.3 is 5.11 Å². The van der Waals surface area contributed by atoms with Crippen molar-refractivity contribution in [3.05, 3.63) is 28.8 Å². The summed E-state index contributed by atoms with van der Waals surface area (Å²) in [4.78, 5) is 0. The van der Waals surface area contributed by atoms with Crippen LogP contribution in [0.5, 0.6) is 5.75 Å². The van der Waals surface area contributed by atoms with Crippen LogP contribution in [0.4, 0.5) is 0 Å². The molecule has 1 rings (SSSR count). The van der Waals surface area contributed by atoms with Crippen LogP contribution in [0.25, 0.3) is 0 Å². The zero-order chi connectivity index (χ0) is 9.14. The molecule has 0 aliphatic rings. The van der Waals surface area contributed by atoms with E-state index < -0.39 is 0 Å². The number of aromatic hydroxyl groups is 1. The number of hydrogen-bond acceptors (Lipinski definition) is 1. The summed E-state index contributed by atoms with van der Waals surface area (Å²) in [5, 5.41) is 9.60. The van der Waals surface area contributed by atoms with Crippen LogP contribution < -0.4 is 0 Å². The molecule has 0 spiro atoms. The van der Waals surface area contributed by atoms with Crippen molar-refractivity contribution in [3.63, 3.8) is 0 Å². The Kier molecular flexibility index (Phi) is 2.74. The van der Waals surface area contributed by atoms with Gasteiger partial charge in [-0.15, -0.1) is 0 Å². The van der Waals surface area contributed by atoms with Crippen molar-refractivity contribution in [2.24, 2.45) is 0 Å². The number of phenolic OH excluding ortho intramolecular Hbond substituents is 1. The summed E-state index contributed by atoms with van der Waals surface area (Å²) in [6.07, 6.45) is 1.91. The van der Waals surface area contributed by atoms with Gasteiger partial charge in [0.15, 0.2) is 0 Å². The summed E-state index contributed by atoms with van der Waals surface area (Å²) in [5.41, 5.74) is 3.51. The minimum Gasteiger partial charge on any atom is -0.508 e. The first kappa shape index (κ1) is 9.11. The molecule has 0 bridgehead atoms. The van der Waals surface area contributed by atoms with Crippen LogP contribution in [-0.2, 0) is 12.8 Å². The van der Waals surface area contributed by atoms with Crippen LogP contribution in [0, 0.1) is 6.92 Å². The molecule has 0 aliphatic carbocycles. The van der Waals surface area contributed by atoms with Crippen molar-refractivity contribution in [2.45, 2.75) is 33.6 Å². The lowest BCUT2D eigenvalue weighted by atomic mass is 9.99.